The quantitative estimate of drug-likeness (QED) is 0.536. The van der Waals surface area contributed by atoms with Gasteiger partial charge in [0, 0.05) is 16.9 Å². The summed E-state index contributed by atoms with van der Waals surface area (Å²) in [5.74, 6) is -2.25. The van der Waals surface area contributed by atoms with Crippen LogP contribution < -0.4 is 5.32 Å². The van der Waals surface area contributed by atoms with E-state index >= 15 is 0 Å². The highest BCUT2D eigenvalue weighted by molar-refractivity contribution is 7.14. The van der Waals surface area contributed by atoms with Gasteiger partial charge in [0.1, 0.15) is 11.6 Å². The summed E-state index contributed by atoms with van der Waals surface area (Å²) in [5, 5.41) is 5.28. The third kappa shape index (κ3) is 5.26. The van der Waals surface area contributed by atoms with Crippen LogP contribution in [0.15, 0.2) is 47.8 Å². The smallest absolute Gasteiger partial charge is 0.240 e. The van der Waals surface area contributed by atoms with Gasteiger partial charge in [-0.3, -0.25) is 14.5 Å². The number of benzene rings is 2. The van der Waals surface area contributed by atoms with Crippen LogP contribution in [0.25, 0.3) is 11.3 Å². The zero-order chi connectivity index (χ0) is 22.7. The van der Waals surface area contributed by atoms with E-state index in [1.165, 1.54) is 16.9 Å². The van der Waals surface area contributed by atoms with Crippen LogP contribution in [0.5, 0.6) is 0 Å². The minimum Gasteiger partial charge on any atom is -0.301 e. The second kappa shape index (κ2) is 9.67. The van der Waals surface area contributed by atoms with Crippen molar-refractivity contribution in [2.45, 2.75) is 19.8 Å². The summed E-state index contributed by atoms with van der Waals surface area (Å²) in [6.45, 7) is 3.28. The lowest BCUT2D eigenvalue weighted by molar-refractivity contribution is -0.117. The number of thiazole rings is 1. The molecule has 2 aromatic carbocycles. The molecule has 1 fully saturated rings. The molecule has 1 saturated heterocycles. The minimum atomic E-state index is -0.702. The van der Waals surface area contributed by atoms with Gasteiger partial charge in [-0.15, -0.1) is 11.3 Å². The molecule has 0 unspecified atom stereocenters. The molecule has 1 amide bonds. The van der Waals surface area contributed by atoms with Crippen molar-refractivity contribution in [3.8, 4) is 11.3 Å². The molecule has 0 radical (unpaired) electrons. The van der Waals surface area contributed by atoms with Crippen molar-refractivity contribution in [2.75, 3.05) is 25.0 Å². The number of aryl methyl sites for hydroxylation is 1. The van der Waals surface area contributed by atoms with Gasteiger partial charge in [-0.05, 0) is 51.1 Å². The summed E-state index contributed by atoms with van der Waals surface area (Å²) < 4.78 is 27.3. The Morgan fingerprint density at radius 2 is 1.84 bits per heavy atom. The molecule has 4 rings (SSSR count). The van der Waals surface area contributed by atoms with Gasteiger partial charge in [-0.25, -0.2) is 13.8 Å². The summed E-state index contributed by atoms with van der Waals surface area (Å²) >= 11 is 1.37. The molecule has 1 N–H and O–H groups in total. The maximum Gasteiger partial charge on any atom is 0.240 e. The van der Waals surface area contributed by atoms with Crippen molar-refractivity contribution in [1.82, 2.24) is 9.88 Å². The van der Waals surface area contributed by atoms with E-state index in [1.54, 1.807) is 0 Å². The van der Waals surface area contributed by atoms with Crippen LogP contribution in [-0.2, 0) is 4.79 Å². The molecule has 0 spiro atoms. The van der Waals surface area contributed by atoms with Gasteiger partial charge in [0.05, 0.1) is 17.8 Å². The van der Waals surface area contributed by atoms with Crippen molar-refractivity contribution in [2.24, 2.45) is 5.92 Å². The lowest BCUT2D eigenvalue weighted by atomic mass is 9.88. The predicted octanol–water partition coefficient (Wildman–Crippen LogP) is 4.93. The summed E-state index contributed by atoms with van der Waals surface area (Å²) in [7, 11) is 0. The molecule has 0 saturated carbocycles. The number of nitrogens with zero attached hydrogens (tertiary/aromatic N) is 2. The van der Waals surface area contributed by atoms with E-state index in [2.05, 4.69) is 10.3 Å². The van der Waals surface area contributed by atoms with E-state index in [-0.39, 0.29) is 29.7 Å². The monoisotopic (exact) mass is 455 g/mol. The second-order valence-electron chi connectivity index (χ2n) is 7.99. The molecule has 1 aliphatic heterocycles. The normalized spacial score (nSPS) is 15.0. The Bertz CT molecular complexity index is 1120. The zero-order valence-electron chi connectivity index (χ0n) is 17.6. The van der Waals surface area contributed by atoms with E-state index in [0.717, 1.165) is 29.5 Å². The lowest BCUT2D eigenvalue weighted by Gasteiger charge is -2.30. The first-order valence-electron chi connectivity index (χ1n) is 10.4. The molecular formula is C24H23F2N3O2S. The Morgan fingerprint density at radius 3 is 2.56 bits per heavy atom. The summed E-state index contributed by atoms with van der Waals surface area (Å²) in [6, 6.07) is 11.0. The van der Waals surface area contributed by atoms with Gasteiger partial charge < -0.3 is 5.32 Å². The first-order chi connectivity index (χ1) is 15.4. The Kier molecular flexibility index (Phi) is 6.72. The number of amides is 1. The number of likely N-dealkylation sites (tertiary alicyclic amines) is 1. The van der Waals surface area contributed by atoms with Gasteiger partial charge in [0.2, 0.25) is 5.91 Å². The zero-order valence-corrected chi connectivity index (χ0v) is 18.4. The molecule has 5 nitrogen and oxygen atoms in total. The number of hydrogen-bond acceptors (Lipinski definition) is 5. The fourth-order valence-corrected chi connectivity index (χ4v) is 4.55. The molecule has 0 bridgehead atoms. The third-order valence-corrected chi connectivity index (χ3v) is 6.38. The third-order valence-electron chi connectivity index (χ3n) is 5.62. The Balaban J connectivity index is 1.28. The topological polar surface area (TPSA) is 62.3 Å². The van der Waals surface area contributed by atoms with Crippen LogP contribution in [0.1, 0.15) is 28.8 Å². The first kappa shape index (κ1) is 22.2. The van der Waals surface area contributed by atoms with Gasteiger partial charge >= 0.3 is 0 Å². The van der Waals surface area contributed by atoms with Crippen LogP contribution in [0, 0.1) is 24.5 Å². The Morgan fingerprint density at radius 1 is 1.12 bits per heavy atom. The number of carbonyl (C=O) groups is 2. The lowest BCUT2D eigenvalue weighted by Crippen LogP contribution is -2.40. The molecule has 2 heterocycles. The highest BCUT2D eigenvalue weighted by atomic mass is 32.1. The van der Waals surface area contributed by atoms with E-state index in [9.17, 15) is 18.4 Å². The molecule has 8 heteroatoms. The van der Waals surface area contributed by atoms with Gasteiger partial charge in [0.15, 0.2) is 10.9 Å². The van der Waals surface area contributed by atoms with Crippen molar-refractivity contribution >= 4 is 28.2 Å². The number of anilines is 1. The fourth-order valence-electron chi connectivity index (χ4n) is 3.81. The van der Waals surface area contributed by atoms with Gasteiger partial charge in [-0.1, -0.05) is 29.8 Å². The molecular weight excluding hydrogens is 432 g/mol. The van der Waals surface area contributed by atoms with E-state index in [4.69, 9.17) is 0 Å². The van der Waals surface area contributed by atoms with Crippen LogP contribution in [0.4, 0.5) is 13.9 Å². The number of piperidine rings is 1. The molecule has 0 aliphatic carbocycles. The SMILES string of the molecule is Cc1ccc(-c2csc(NC(=O)CN3CCC(C(=O)c4cc(F)ccc4F)CC3)n2)cc1. The van der Waals surface area contributed by atoms with Crippen LogP contribution in [0.2, 0.25) is 0 Å². The molecule has 1 aromatic heterocycles. The Labute approximate surface area is 189 Å². The minimum absolute atomic E-state index is 0.171. The average molecular weight is 456 g/mol. The van der Waals surface area contributed by atoms with E-state index < -0.39 is 11.6 Å². The number of aromatic nitrogens is 1. The number of Topliss-reactive ketones (excluding diaryl/α,β-unsaturated/α-hetero) is 1. The maximum atomic E-state index is 13.9. The van der Waals surface area contributed by atoms with Crippen LogP contribution >= 0.6 is 11.3 Å². The number of hydrogen-bond donors (Lipinski definition) is 1. The number of carbonyl (C=O) groups excluding carboxylic acids is 2. The number of rotatable bonds is 6. The van der Waals surface area contributed by atoms with Crippen LogP contribution in [-0.4, -0.2) is 41.2 Å². The maximum absolute atomic E-state index is 13.9. The summed E-state index contributed by atoms with van der Waals surface area (Å²) in [6.07, 6.45) is 0.994. The molecule has 1 aliphatic rings. The predicted molar refractivity (Wildman–Crippen MR) is 121 cm³/mol. The number of nitrogens with one attached hydrogen (secondary N) is 1. The van der Waals surface area contributed by atoms with Crippen molar-refractivity contribution in [3.63, 3.8) is 0 Å². The largest absolute Gasteiger partial charge is 0.301 e. The van der Waals surface area contributed by atoms with E-state index in [1.807, 2.05) is 41.5 Å². The standard InChI is InChI=1S/C24H23F2N3O2S/c1-15-2-4-16(5-3-15)21-14-32-24(27-21)28-22(30)13-29-10-8-17(9-11-29)23(31)19-12-18(25)6-7-20(19)26/h2-7,12,14,17H,8-11,13H2,1H3,(H,27,28,30). The molecule has 32 heavy (non-hydrogen) atoms. The van der Waals surface area contributed by atoms with Gasteiger partial charge in [-0.2, -0.15) is 0 Å². The molecule has 3 aromatic rings. The second-order valence-corrected chi connectivity index (χ2v) is 8.85. The van der Waals surface area contributed by atoms with E-state index in [0.29, 0.717) is 31.1 Å². The van der Waals surface area contributed by atoms with Crippen molar-refractivity contribution in [3.05, 3.63) is 70.6 Å². The Hall–Kier alpha value is -2.97. The first-order valence-corrected chi connectivity index (χ1v) is 11.3. The molecule has 166 valence electrons. The average Bonchev–Trinajstić information content (AvgIpc) is 3.24. The highest BCUT2D eigenvalue weighted by Gasteiger charge is 2.28. The van der Waals surface area contributed by atoms with Crippen molar-refractivity contribution in [1.29, 1.82) is 0 Å². The van der Waals surface area contributed by atoms with Gasteiger partial charge in [0.25, 0.3) is 0 Å². The number of halogens is 2. The molecule has 0 atom stereocenters. The summed E-state index contributed by atoms with van der Waals surface area (Å²) in [4.78, 5) is 31.5. The fraction of sp³-hybridized carbons (Fsp3) is 0.292. The van der Waals surface area contributed by atoms with Crippen molar-refractivity contribution < 1.29 is 18.4 Å². The van der Waals surface area contributed by atoms with Crippen LogP contribution in [0.3, 0.4) is 0 Å². The highest BCUT2D eigenvalue weighted by Crippen LogP contribution is 2.26. The number of ketones is 1. The summed E-state index contributed by atoms with van der Waals surface area (Å²) in [5.41, 5.74) is 2.78.